The van der Waals surface area contributed by atoms with Crippen LogP contribution in [0.4, 0.5) is 0 Å². The second kappa shape index (κ2) is 7.37. The van der Waals surface area contributed by atoms with E-state index in [1.54, 1.807) is 6.92 Å². The number of fused-ring (bicyclic) bond motifs is 1. The number of likely N-dealkylation sites (tertiary alicyclic amines) is 2. The van der Waals surface area contributed by atoms with Gasteiger partial charge in [-0.15, -0.1) is 0 Å². The van der Waals surface area contributed by atoms with E-state index in [1.165, 1.54) is 11.3 Å². The lowest BCUT2D eigenvalue weighted by Gasteiger charge is -2.33. The maximum absolute atomic E-state index is 11.9. The molecule has 0 unspecified atom stereocenters. The van der Waals surface area contributed by atoms with Crippen molar-refractivity contribution in [3.8, 4) is 0 Å². The lowest BCUT2D eigenvalue weighted by molar-refractivity contribution is -0.130. The van der Waals surface area contributed by atoms with E-state index in [2.05, 4.69) is 20.9 Å². The highest BCUT2D eigenvalue weighted by molar-refractivity contribution is 5.80. The number of hydrogen-bond acceptors (Lipinski definition) is 4. The van der Waals surface area contributed by atoms with E-state index in [1.807, 2.05) is 17.2 Å². The van der Waals surface area contributed by atoms with Crippen LogP contribution in [0.2, 0.25) is 0 Å². The predicted molar refractivity (Wildman–Crippen MR) is 101 cm³/mol. The van der Waals surface area contributed by atoms with Crippen LogP contribution in [0.15, 0.2) is 18.3 Å². The zero-order valence-electron chi connectivity index (χ0n) is 15.4. The van der Waals surface area contributed by atoms with Gasteiger partial charge in [-0.05, 0) is 44.4 Å². The van der Waals surface area contributed by atoms with E-state index in [0.29, 0.717) is 5.92 Å². The largest absolute Gasteiger partial charge is 0.392 e. The Hall–Kier alpha value is -1.92. The van der Waals surface area contributed by atoms with Crippen LogP contribution in [-0.4, -0.2) is 63.1 Å². The van der Waals surface area contributed by atoms with E-state index in [4.69, 9.17) is 0 Å². The number of piperidine rings is 2. The van der Waals surface area contributed by atoms with Gasteiger partial charge in [0.2, 0.25) is 5.91 Å². The van der Waals surface area contributed by atoms with Crippen molar-refractivity contribution < 1.29 is 9.90 Å². The Morgan fingerprint density at radius 2 is 2.15 bits per heavy atom. The Morgan fingerprint density at radius 1 is 1.31 bits per heavy atom. The molecule has 0 spiro atoms. The Balaban J connectivity index is 1.66. The molecule has 0 aromatic carbocycles. The number of nitrogens with zero attached hydrogens (tertiary/aromatic N) is 3. The van der Waals surface area contributed by atoms with Gasteiger partial charge >= 0.3 is 0 Å². The summed E-state index contributed by atoms with van der Waals surface area (Å²) in [6.45, 7) is 5.84. The van der Waals surface area contributed by atoms with Gasteiger partial charge < -0.3 is 15.0 Å². The smallest absolute Gasteiger partial charge is 0.219 e. The second-order valence-electron chi connectivity index (χ2n) is 7.75. The third-order valence-electron chi connectivity index (χ3n) is 5.83. The number of β-amino-alcohol motifs (C(OH)–C–C–N with tert-alkyl or cyclic N) is 1. The fourth-order valence-corrected chi connectivity index (χ4v) is 4.50. The molecule has 6 heteroatoms. The molecule has 4 rings (SSSR count). The first-order chi connectivity index (χ1) is 12.6. The average Bonchev–Trinajstić information content (AvgIpc) is 3.00. The van der Waals surface area contributed by atoms with Gasteiger partial charge in [0.1, 0.15) is 0 Å². The highest BCUT2D eigenvalue weighted by Gasteiger charge is 2.28. The van der Waals surface area contributed by atoms with Crippen molar-refractivity contribution >= 4 is 16.9 Å². The highest BCUT2D eigenvalue weighted by atomic mass is 16.3. The van der Waals surface area contributed by atoms with E-state index in [0.717, 1.165) is 69.4 Å². The fourth-order valence-electron chi connectivity index (χ4n) is 4.50. The zero-order valence-corrected chi connectivity index (χ0v) is 15.4. The molecule has 0 aliphatic carbocycles. The molecule has 1 amide bonds. The van der Waals surface area contributed by atoms with E-state index < -0.39 is 0 Å². The van der Waals surface area contributed by atoms with Crippen LogP contribution in [-0.2, 0) is 11.3 Å². The SMILES string of the molecule is CC(=O)N1CCC[C@H](c2[nH]c3cccnc3c2CN2CCC[C@H](O)C2)C1. The summed E-state index contributed by atoms with van der Waals surface area (Å²) in [4.78, 5) is 24.4. The van der Waals surface area contributed by atoms with Gasteiger partial charge in [-0.25, -0.2) is 0 Å². The van der Waals surface area contributed by atoms with Gasteiger partial charge in [0.25, 0.3) is 0 Å². The molecule has 2 N–H and O–H groups in total. The molecule has 0 bridgehead atoms. The summed E-state index contributed by atoms with van der Waals surface area (Å²) in [5.41, 5.74) is 4.56. The van der Waals surface area contributed by atoms with Crippen molar-refractivity contribution in [3.63, 3.8) is 0 Å². The fraction of sp³-hybridized carbons (Fsp3) is 0.600. The number of rotatable bonds is 3. The normalized spacial score (nSPS) is 24.9. The molecular formula is C20H28N4O2. The van der Waals surface area contributed by atoms with E-state index >= 15 is 0 Å². The summed E-state index contributed by atoms with van der Waals surface area (Å²) in [7, 11) is 0. The summed E-state index contributed by atoms with van der Waals surface area (Å²) in [5, 5.41) is 10.0. The average molecular weight is 356 g/mol. The molecule has 140 valence electrons. The number of hydrogen-bond donors (Lipinski definition) is 2. The first kappa shape index (κ1) is 17.5. The first-order valence-electron chi connectivity index (χ1n) is 9.73. The molecule has 4 heterocycles. The van der Waals surface area contributed by atoms with Gasteiger partial charge in [-0.3, -0.25) is 14.7 Å². The van der Waals surface area contributed by atoms with Crippen molar-refractivity contribution in [3.05, 3.63) is 29.6 Å². The quantitative estimate of drug-likeness (QED) is 0.885. The number of aliphatic hydroxyl groups is 1. The highest BCUT2D eigenvalue weighted by Crippen LogP contribution is 2.33. The van der Waals surface area contributed by atoms with Crippen molar-refractivity contribution in [2.45, 2.75) is 51.2 Å². The Kier molecular flexibility index (Phi) is 4.96. The van der Waals surface area contributed by atoms with E-state index in [-0.39, 0.29) is 12.0 Å². The Bertz CT molecular complexity index is 787. The molecular weight excluding hydrogens is 328 g/mol. The maximum Gasteiger partial charge on any atom is 0.219 e. The molecule has 0 radical (unpaired) electrons. The van der Waals surface area contributed by atoms with Crippen LogP contribution in [0.25, 0.3) is 11.0 Å². The minimum Gasteiger partial charge on any atom is -0.392 e. The first-order valence-corrected chi connectivity index (χ1v) is 9.73. The summed E-state index contributed by atoms with van der Waals surface area (Å²) in [6, 6.07) is 4.03. The third-order valence-corrected chi connectivity index (χ3v) is 5.83. The number of carbonyl (C=O) groups excluding carboxylic acids is 1. The van der Waals surface area contributed by atoms with Crippen LogP contribution in [0.5, 0.6) is 0 Å². The van der Waals surface area contributed by atoms with Gasteiger partial charge in [0.15, 0.2) is 0 Å². The summed E-state index contributed by atoms with van der Waals surface area (Å²) in [6.07, 6.45) is 5.67. The summed E-state index contributed by atoms with van der Waals surface area (Å²) < 4.78 is 0. The van der Waals surface area contributed by atoms with Crippen LogP contribution in [0, 0.1) is 0 Å². The molecule has 6 nitrogen and oxygen atoms in total. The van der Waals surface area contributed by atoms with Gasteiger partial charge in [-0.1, -0.05) is 0 Å². The number of H-pyrrole nitrogens is 1. The number of aromatic amines is 1. The minimum atomic E-state index is -0.228. The number of carbonyl (C=O) groups is 1. The molecule has 2 fully saturated rings. The van der Waals surface area contributed by atoms with E-state index in [9.17, 15) is 9.90 Å². The molecule has 2 aromatic rings. The minimum absolute atomic E-state index is 0.157. The van der Waals surface area contributed by atoms with Crippen LogP contribution < -0.4 is 0 Å². The summed E-state index contributed by atoms with van der Waals surface area (Å²) in [5.74, 6) is 0.483. The third kappa shape index (κ3) is 3.48. The maximum atomic E-state index is 11.9. The number of aliphatic hydroxyl groups excluding tert-OH is 1. The number of aromatic nitrogens is 2. The van der Waals surface area contributed by atoms with Gasteiger partial charge in [0.05, 0.1) is 17.1 Å². The van der Waals surface area contributed by atoms with Crippen molar-refractivity contribution in [2.24, 2.45) is 0 Å². The molecule has 2 aliphatic rings. The molecule has 26 heavy (non-hydrogen) atoms. The Labute approximate surface area is 154 Å². The predicted octanol–water partition coefficient (Wildman–Crippen LogP) is 2.25. The molecule has 2 aromatic heterocycles. The summed E-state index contributed by atoms with van der Waals surface area (Å²) >= 11 is 0. The van der Waals surface area contributed by atoms with Crippen molar-refractivity contribution in [1.82, 2.24) is 19.8 Å². The second-order valence-corrected chi connectivity index (χ2v) is 7.75. The molecule has 0 saturated carbocycles. The standard InChI is InChI=1S/C20H28N4O2/c1-14(25)24-10-3-5-15(11-24)19-17(13-23-9-4-6-16(26)12-23)20-18(22-19)7-2-8-21-20/h2,7-8,15-16,22,26H,3-6,9-13H2,1H3/t15-,16-/m0/s1. The van der Waals surface area contributed by atoms with Crippen molar-refractivity contribution in [1.29, 1.82) is 0 Å². The van der Waals surface area contributed by atoms with Crippen LogP contribution in [0.3, 0.4) is 0 Å². The number of nitrogens with one attached hydrogen (secondary N) is 1. The van der Waals surface area contributed by atoms with Crippen molar-refractivity contribution in [2.75, 3.05) is 26.2 Å². The van der Waals surface area contributed by atoms with Gasteiger partial charge in [-0.2, -0.15) is 0 Å². The molecule has 2 aliphatic heterocycles. The topological polar surface area (TPSA) is 72.5 Å². The number of pyridine rings is 1. The van der Waals surface area contributed by atoms with Crippen LogP contribution in [0.1, 0.15) is 49.8 Å². The number of amides is 1. The monoisotopic (exact) mass is 356 g/mol. The molecule has 2 atom stereocenters. The zero-order chi connectivity index (χ0) is 18.1. The lowest BCUT2D eigenvalue weighted by atomic mass is 9.92. The Morgan fingerprint density at radius 3 is 2.96 bits per heavy atom. The molecule has 2 saturated heterocycles. The lowest BCUT2D eigenvalue weighted by Crippen LogP contribution is -2.39. The van der Waals surface area contributed by atoms with Crippen LogP contribution >= 0.6 is 0 Å². The van der Waals surface area contributed by atoms with Gasteiger partial charge in [0, 0.05) is 56.5 Å².